The molecule has 0 aromatic rings. The average molecular weight is 126 g/mol. The lowest BCUT2D eigenvalue weighted by Gasteiger charge is -1.86. The summed E-state index contributed by atoms with van der Waals surface area (Å²) < 4.78 is 0. The highest BCUT2D eigenvalue weighted by atomic mass is 16.2. The first kappa shape index (κ1) is 8.28. The van der Waals surface area contributed by atoms with Crippen molar-refractivity contribution in [1.29, 1.82) is 0 Å². The summed E-state index contributed by atoms with van der Waals surface area (Å²) in [6.07, 6.45) is 10.3. The molecule has 0 rings (SSSR count). The quantitative estimate of drug-likeness (QED) is 0.349. The second-order valence-electron chi connectivity index (χ2n) is 1.88. The lowest BCUT2D eigenvalue weighted by Crippen LogP contribution is -1.67. The number of unbranched alkanes of at least 4 members (excludes halogenated alkanes) is 2. The fourth-order valence-corrected chi connectivity index (χ4v) is 0.595. The van der Waals surface area contributed by atoms with Crippen molar-refractivity contribution in [2.45, 2.75) is 26.2 Å². The Balaban J connectivity index is 2.91. The molecular formula is C8H14O. The maximum Gasteiger partial charge on any atom is 0.0751 e. The number of aliphatic hydroxyl groups excluding tert-OH is 1. The van der Waals surface area contributed by atoms with Gasteiger partial charge in [0, 0.05) is 0 Å². The number of rotatable bonds is 4. The number of hydrogen-bond acceptors (Lipinski definition) is 1. The Morgan fingerprint density at radius 1 is 1.22 bits per heavy atom. The molecule has 0 radical (unpaired) electrons. The van der Waals surface area contributed by atoms with Crippen LogP contribution in [-0.4, -0.2) is 5.11 Å². The van der Waals surface area contributed by atoms with E-state index in [4.69, 9.17) is 5.11 Å². The molecule has 0 atom stereocenters. The molecule has 0 aromatic carbocycles. The van der Waals surface area contributed by atoms with Crippen LogP contribution in [0.5, 0.6) is 0 Å². The normalized spacial score (nSPS) is 11.7. The van der Waals surface area contributed by atoms with E-state index in [0.717, 1.165) is 25.5 Å². The first-order chi connectivity index (χ1) is 4.41. The van der Waals surface area contributed by atoms with Crippen molar-refractivity contribution in [2.24, 2.45) is 0 Å². The highest BCUT2D eigenvalue weighted by molar-refractivity contribution is 4.79. The van der Waals surface area contributed by atoms with Gasteiger partial charge in [0.25, 0.3) is 0 Å². The van der Waals surface area contributed by atoms with Crippen LogP contribution in [0.25, 0.3) is 0 Å². The number of hydrogen-bond donors (Lipinski definition) is 1. The fourth-order valence-electron chi connectivity index (χ4n) is 0.595. The summed E-state index contributed by atoms with van der Waals surface area (Å²) in [5.41, 5.74) is 0. The van der Waals surface area contributed by atoms with Crippen molar-refractivity contribution in [1.82, 2.24) is 0 Å². The molecule has 0 aromatic heterocycles. The molecule has 0 aliphatic rings. The number of allylic oxidation sites excluding steroid dienone is 3. The second kappa shape index (κ2) is 7.28. The summed E-state index contributed by atoms with van der Waals surface area (Å²) in [7, 11) is 0. The lowest BCUT2D eigenvalue weighted by molar-refractivity contribution is 0.470. The molecule has 9 heavy (non-hydrogen) atoms. The predicted molar refractivity (Wildman–Crippen MR) is 40.4 cm³/mol. The molecule has 0 fully saturated rings. The molecule has 0 saturated heterocycles. The van der Waals surface area contributed by atoms with Crippen LogP contribution in [0.1, 0.15) is 26.2 Å². The summed E-state index contributed by atoms with van der Waals surface area (Å²) in [6, 6.07) is 0. The zero-order valence-corrected chi connectivity index (χ0v) is 5.88. The van der Waals surface area contributed by atoms with Gasteiger partial charge in [-0.1, -0.05) is 18.2 Å². The van der Waals surface area contributed by atoms with E-state index in [1.807, 2.05) is 13.0 Å². The Labute approximate surface area is 56.7 Å². The van der Waals surface area contributed by atoms with Gasteiger partial charge in [-0.3, -0.25) is 0 Å². The molecule has 1 N–H and O–H groups in total. The maximum absolute atomic E-state index is 8.22. The summed E-state index contributed by atoms with van der Waals surface area (Å²) in [5.74, 6) is 0. The van der Waals surface area contributed by atoms with Crippen LogP contribution >= 0.6 is 0 Å². The largest absolute Gasteiger partial charge is 0.516 e. The van der Waals surface area contributed by atoms with Crippen LogP contribution < -0.4 is 0 Å². The number of aliphatic hydroxyl groups is 1. The molecule has 0 aliphatic carbocycles. The van der Waals surface area contributed by atoms with E-state index in [0.29, 0.717) is 0 Å². The molecule has 0 amide bonds. The summed E-state index contributed by atoms with van der Waals surface area (Å²) in [5, 5.41) is 8.22. The van der Waals surface area contributed by atoms with Gasteiger partial charge in [-0.15, -0.1) is 0 Å². The van der Waals surface area contributed by atoms with E-state index in [1.54, 1.807) is 6.08 Å². The lowest BCUT2D eigenvalue weighted by atomic mass is 10.2. The van der Waals surface area contributed by atoms with Crippen LogP contribution in [0.4, 0.5) is 0 Å². The molecule has 0 bridgehead atoms. The predicted octanol–water partition coefficient (Wildman–Crippen LogP) is 2.80. The monoisotopic (exact) mass is 126 g/mol. The Bertz CT molecular complexity index is 80.7. The Kier molecular flexibility index (Phi) is 6.70. The van der Waals surface area contributed by atoms with E-state index in [1.165, 1.54) is 0 Å². The van der Waals surface area contributed by atoms with Crippen LogP contribution in [0.15, 0.2) is 24.5 Å². The van der Waals surface area contributed by atoms with Gasteiger partial charge < -0.3 is 5.11 Å². The standard InChI is InChI=1S/C8H14O/c1-2-3-4-5-6-7-8-9/h2-3,7-9H,4-6H2,1H3/b3-2+,8-7+. The van der Waals surface area contributed by atoms with Crippen molar-refractivity contribution in [3.8, 4) is 0 Å². The minimum Gasteiger partial charge on any atom is -0.516 e. The Morgan fingerprint density at radius 2 is 1.89 bits per heavy atom. The van der Waals surface area contributed by atoms with E-state index in [-0.39, 0.29) is 0 Å². The Hall–Kier alpha value is -0.720. The van der Waals surface area contributed by atoms with Gasteiger partial charge in [0.05, 0.1) is 6.26 Å². The topological polar surface area (TPSA) is 20.2 Å². The van der Waals surface area contributed by atoms with Gasteiger partial charge in [0.2, 0.25) is 0 Å². The van der Waals surface area contributed by atoms with Gasteiger partial charge >= 0.3 is 0 Å². The van der Waals surface area contributed by atoms with Crippen molar-refractivity contribution in [3.05, 3.63) is 24.5 Å². The molecule has 0 saturated carbocycles. The molecule has 0 heterocycles. The van der Waals surface area contributed by atoms with Gasteiger partial charge in [0.1, 0.15) is 0 Å². The van der Waals surface area contributed by atoms with E-state index < -0.39 is 0 Å². The summed E-state index contributed by atoms with van der Waals surface area (Å²) in [6.45, 7) is 2.02. The second-order valence-corrected chi connectivity index (χ2v) is 1.88. The summed E-state index contributed by atoms with van der Waals surface area (Å²) >= 11 is 0. The third-order valence-corrected chi connectivity index (χ3v) is 1.08. The maximum atomic E-state index is 8.22. The minimum atomic E-state index is 0.973. The first-order valence-corrected chi connectivity index (χ1v) is 3.32. The van der Waals surface area contributed by atoms with Crippen molar-refractivity contribution in [2.75, 3.05) is 0 Å². The Morgan fingerprint density at radius 3 is 2.44 bits per heavy atom. The highest BCUT2D eigenvalue weighted by Gasteiger charge is 1.77. The van der Waals surface area contributed by atoms with E-state index >= 15 is 0 Å². The van der Waals surface area contributed by atoms with Gasteiger partial charge in [-0.05, 0) is 26.2 Å². The van der Waals surface area contributed by atoms with Crippen molar-refractivity contribution >= 4 is 0 Å². The SMILES string of the molecule is C/C=C/CCC/C=C/O. The van der Waals surface area contributed by atoms with Crippen LogP contribution in [-0.2, 0) is 0 Å². The fraction of sp³-hybridized carbons (Fsp3) is 0.500. The average Bonchev–Trinajstić information content (AvgIpc) is 1.89. The zero-order chi connectivity index (χ0) is 6.95. The molecule has 0 aliphatic heterocycles. The molecule has 1 heteroatoms. The van der Waals surface area contributed by atoms with Crippen LogP contribution in [0, 0.1) is 0 Å². The molecule has 0 unspecified atom stereocenters. The molecular weight excluding hydrogens is 112 g/mol. The zero-order valence-electron chi connectivity index (χ0n) is 5.88. The molecule has 1 nitrogen and oxygen atoms in total. The van der Waals surface area contributed by atoms with Crippen LogP contribution in [0.2, 0.25) is 0 Å². The highest BCUT2D eigenvalue weighted by Crippen LogP contribution is 1.96. The minimum absolute atomic E-state index is 0.973. The van der Waals surface area contributed by atoms with E-state index in [9.17, 15) is 0 Å². The molecule has 0 spiro atoms. The third kappa shape index (κ3) is 7.28. The molecule has 52 valence electrons. The van der Waals surface area contributed by atoms with Crippen molar-refractivity contribution in [3.63, 3.8) is 0 Å². The van der Waals surface area contributed by atoms with Crippen molar-refractivity contribution < 1.29 is 5.11 Å². The third-order valence-electron chi connectivity index (χ3n) is 1.08. The van der Waals surface area contributed by atoms with E-state index in [2.05, 4.69) is 6.08 Å². The summed E-state index contributed by atoms with van der Waals surface area (Å²) in [4.78, 5) is 0. The smallest absolute Gasteiger partial charge is 0.0751 e. The van der Waals surface area contributed by atoms with Gasteiger partial charge in [-0.25, -0.2) is 0 Å². The van der Waals surface area contributed by atoms with Gasteiger partial charge in [0.15, 0.2) is 0 Å². The first-order valence-electron chi connectivity index (χ1n) is 3.32. The van der Waals surface area contributed by atoms with Gasteiger partial charge in [-0.2, -0.15) is 0 Å². The van der Waals surface area contributed by atoms with Crippen LogP contribution in [0.3, 0.4) is 0 Å².